The summed E-state index contributed by atoms with van der Waals surface area (Å²) in [6.45, 7) is 0.276. The fourth-order valence-corrected chi connectivity index (χ4v) is 4.36. The lowest BCUT2D eigenvalue weighted by atomic mass is 10.1. The molecule has 0 bridgehead atoms. The molecule has 0 radical (unpaired) electrons. The third kappa shape index (κ3) is 5.80. The van der Waals surface area contributed by atoms with Gasteiger partial charge >= 0.3 is 0 Å². The Kier molecular flexibility index (Phi) is 8.12. The van der Waals surface area contributed by atoms with E-state index >= 15 is 0 Å². The van der Waals surface area contributed by atoms with Gasteiger partial charge in [-0.2, -0.15) is 0 Å². The van der Waals surface area contributed by atoms with Crippen molar-refractivity contribution in [2.24, 2.45) is 0 Å². The van der Waals surface area contributed by atoms with Crippen molar-refractivity contribution in [2.75, 3.05) is 27.4 Å². The fourth-order valence-electron chi connectivity index (χ4n) is 3.49. The first kappa shape index (κ1) is 25.1. The minimum absolute atomic E-state index is 0.0399. The highest BCUT2D eigenvalue weighted by Crippen LogP contribution is 2.35. The molecule has 3 aromatic carbocycles. The molecule has 0 N–H and O–H groups in total. The molecule has 0 aliphatic carbocycles. The summed E-state index contributed by atoms with van der Waals surface area (Å²) in [5, 5.41) is -0.369. The number of ether oxygens (including phenoxy) is 4. The molecule has 0 unspecified atom stereocenters. The van der Waals surface area contributed by atoms with Crippen LogP contribution in [0.25, 0.3) is 6.08 Å². The van der Waals surface area contributed by atoms with Crippen molar-refractivity contribution >= 4 is 29.0 Å². The molecule has 186 valence electrons. The van der Waals surface area contributed by atoms with Crippen molar-refractivity contribution in [2.45, 2.75) is 6.61 Å². The summed E-state index contributed by atoms with van der Waals surface area (Å²) in [5.41, 5.74) is 1.08. The molecule has 1 fully saturated rings. The van der Waals surface area contributed by atoms with E-state index in [9.17, 15) is 14.0 Å². The van der Waals surface area contributed by atoms with Crippen molar-refractivity contribution < 1.29 is 32.9 Å². The Balaban J connectivity index is 1.40. The van der Waals surface area contributed by atoms with Gasteiger partial charge in [-0.1, -0.05) is 36.4 Å². The van der Waals surface area contributed by atoms with Crippen LogP contribution in [0.5, 0.6) is 23.0 Å². The minimum atomic E-state index is -0.396. The van der Waals surface area contributed by atoms with Crippen LogP contribution in [0.4, 0.5) is 9.18 Å². The smallest absolute Gasteiger partial charge is 0.293 e. The number of hydrogen-bond acceptors (Lipinski definition) is 7. The molecule has 0 atom stereocenters. The number of benzene rings is 3. The second-order valence-electron chi connectivity index (χ2n) is 7.62. The van der Waals surface area contributed by atoms with Gasteiger partial charge in [0.15, 0.2) is 23.0 Å². The Hall–Kier alpha value is -3.98. The first-order chi connectivity index (χ1) is 17.5. The summed E-state index contributed by atoms with van der Waals surface area (Å²) in [4.78, 5) is 26.7. The zero-order chi connectivity index (χ0) is 25.5. The van der Waals surface area contributed by atoms with E-state index in [4.69, 9.17) is 18.9 Å². The summed E-state index contributed by atoms with van der Waals surface area (Å²) < 4.78 is 35.9. The third-order valence-electron chi connectivity index (χ3n) is 5.34. The molecule has 36 heavy (non-hydrogen) atoms. The molecule has 0 aromatic heterocycles. The van der Waals surface area contributed by atoms with Crippen molar-refractivity contribution in [3.8, 4) is 23.0 Å². The number of imide groups is 1. The van der Waals surface area contributed by atoms with Crippen molar-refractivity contribution in [1.82, 2.24) is 4.90 Å². The molecular weight excluding hydrogens is 485 g/mol. The van der Waals surface area contributed by atoms with Crippen LogP contribution in [0.15, 0.2) is 71.6 Å². The van der Waals surface area contributed by atoms with Gasteiger partial charge in [0.25, 0.3) is 11.1 Å². The molecule has 4 rings (SSSR count). The van der Waals surface area contributed by atoms with Crippen LogP contribution < -0.4 is 18.9 Å². The fraction of sp³-hybridized carbons (Fsp3) is 0.185. The standard InChI is InChI=1S/C27H24FNO6S/c1-32-21-9-5-6-10-22(21)34-14-13-29-26(30)25(36-27(29)31)16-18-11-12-23(24(15-18)33-2)35-17-19-7-3-4-8-20(19)28/h3-12,15-16H,13-14,17H2,1-2H3/b25-16-. The van der Waals surface area contributed by atoms with Gasteiger partial charge < -0.3 is 18.9 Å². The molecule has 3 aromatic rings. The van der Waals surface area contributed by atoms with Crippen molar-refractivity contribution in [1.29, 1.82) is 0 Å². The predicted octanol–water partition coefficient (Wildman–Crippen LogP) is 5.54. The normalized spacial score (nSPS) is 14.3. The second kappa shape index (κ2) is 11.6. The van der Waals surface area contributed by atoms with E-state index in [1.165, 1.54) is 13.2 Å². The van der Waals surface area contributed by atoms with Gasteiger partial charge in [0.1, 0.15) is 19.0 Å². The zero-order valence-corrected chi connectivity index (χ0v) is 20.5. The van der Waals surface area contributed by atoms with E-state index in [2.05, 4.69) is 0 Å². The second-order valence-corrected chi connectivity index (χ2v) is 8.62. The molecule has 1 aliphatic rings. The molecule has 1 heterocycles. The first-order valence-electron chi connectivity index (χ1n) is 11.1. The average molecular weight is 510 g/mol. The van der Waals surface area contributed by atoms with Crippen LogP contribution in [-0.2, 0) is 11.4 Å². The highest BCUT2D eigenvalue weighted by atomic mass is 32.2. The van der Waals surface area contributed by atoms with Gasteiger partial charge in [0.05, 0.1) is 25.7 Å². The van der Waals surface area contributed by atoms with E-state index in [0.717, 1.165) is 16.7 Å². The van der Waals surface area contributed by atoms with Gasteiger partial charge in [-0.25, -0.2) is 4.39 Å². The number of carbonyl (C=O) groups is 2. The number of hydrogen-bond donors (Lipinski definition) is 0. The number of amides is 2. The van der Waals surface area contributed by atoms with Gasteiger partial charge in [-0.15, -0.1) is 0 Å². The van der Waals surface area contributed by atoms with Gasteiger partial charge in [0, 0.05) is 5.56 Å². The Morgan fingerprint density at radius 2 is 1.56 bits per heavy atom. The van der Waals surface area contributed by atoms with E-state index in [-0.39, 0.29) is 30.8 Å². The van der Waals surface area contributed by atoms with Crippen LogP contribution in [0.3, 0.4) is 0 Å². The lowest BCUT2D eigenvalue weighted by Crippen LogP contribution is -2.32. The number of methoxy groups -OCH3 is 2. The van der Waals surface area contributed by atoms with Crippen molar-refractivity contribution in [3.63, 3.8) is 0 Å². The lowest BCUT2D eigenvalue weighted by molar-refractivity contribution is -0.123. The summed E-state index contributed by atoms with van der Waals surface area (Å²) in [7, 11) is 3.03. The Morgan fingerprint density at radius 3 is 2.31 bits per heavy atom. The Labute approximate surface area is 212 Å². The summed E-state index contributed by atoms with van der Waals surface area (Å²) >= 11 is 0.862. The van der Waals surface area contributed by atoms with E-state index < -0.39 is 5.91 Å². The number of carbonyl (C=O) groups excluding carboxylic acids is 2. The highest BCUT2D eigenvalue weighted by Gasteiger charge is 2.34. The van der Waals surface area contributed by atoms with Gasteiger partial charge in [0.2, 0.25) is 0 Å². The lowest BCUT2D eigenvalue weighted by Gasteiger charge is -2.14. The van der Waals surface area contributed by atoms with Crippen molar-refractivity contribution in [3.05, 3.63) is 88.6 Å². The molecule has 0 spiro atoms. The maximum absolute atomic E-state index is 13.9. The summed E-state index contributed by atoms with van der Waals surface area (Å²) in [6.07, 6.45) is 1.62. The number of halogens is 1. The molecule has 0 saturated carbocycles. The van der Waals surface area contributed by atoms with Crippen LogP contribution in [0.1, 0.15) is 11.1 Å². The van der Waals surface area contributed by atoms with Gasteiger partial charge in [-0.3, -0.25) is 14.5 Å². The number of para-hydroxylation sites is 2. The highest BCUT2D eigenvalue weighted by molar-refractivity contribution is 8.18. The van der Waals surface area contributed by atoms with Crippen LogP contribution in [-0.4, -0.2) is 43.4 Å². The van der Waals surface area contributed by atoms with E-state index in [1.807, 2.05) is 12.1 Å². The SMILES string of the molecule is COc1ccccc1OCCN1C(=O)S/C(=C\c2ccc(OCc3ccccc3F)c(OC)c2)C1=O. The topological polar surface area (TPSA) is 74.3 Å². The average Bonchev–Trinajstić information content (AvgIpc) is 3.16. The third-order valence-corrected chi connectivity index (χ3v) is 6.25. The number of rotatable bonds is 10. The quantitative estimate of drug-likeness (QED) is 0.332. The predicted molar refractivity (Wildman–Crippen MR) is 135 cm³/mol. The van der Waals surface area contributed by atoms with E-state index in [1.54, 1.807) is 61.7 Å². The molecule has 1 saturated heterocycles. The molecule has 9 heteroatoms. The number of thioether (sulfide) groups is 1. The van der Waals surface area contributed by atoms with Crippen LogP contribution in [0, 0.1) is 5.82 Å². The largest absolute Gasteiger partial charge is 0.493 e. The molecule has 7 nitrogen and oxygen atoms in total. The molecular formula is C27H24FNO6S. The first-order valence-corrected chi connectivity index (χ1v) is 11.9. The van der Waals surface area contributed by atoms with Crippen LogP contribution >= 0.6 is 11.8 Å². The Bertz CT molecular complexity index is 1290. The summed E-state index contributed by atoms with van der Waals surface area (Å²) in [6, 6.07) is 18.6. The monoisotopic (exact) mass is 509 g/mol. The molecule has 1 aliphatic heterocycles. The van der Waals surface area contributed by atoms with Crippen LogP contribution in [0.2, 0.25) is 0 Å². The maximum Gasteiger partial charge on any atom is 0.293 e. The summed E-state index contributed by atoms with van der Waals surface area (Å²) in [5.74, 6) is 1.21. The maximum atomic E-state index is 13.9. The minimum Gasteiger partial charge on any atom is -0.493 e. The number of nitrogens with zero attached hydrogens (tertiary/aromatic N) is 1. The van der Waals surface area contributed by atoms with E-state index in [0.29, 0.717) is 39.0 Å². The molecule has 2 amide bonds. The Morgan fingerprint density at radius 1 is 0.861 bits per heavy atom. The van der Waals surface area contributed by atoms with Gasteiger partial charge in [-0.05, 0) is 53.7 Å². The zero-order valence-electron chi connectivity index (χ0n) is 19.7.